The lowest BCUT2D eigenvalue weighted by atomic mass is 9.92. The fourth-order valence-corrected chi connectivity index (χ4v) is 4.54. The Bertz CT molecular complexity index is 1060. The van der Waals surface area contributed by atoms with Crippen LogP contribution in [0.2, 0.25) is 0 Å². The Hall–Kier alpha value is -3.36. The van der Waals surface area contributed by atoms with Crippen LogP contribution in [0.1, 0.15) is 65.6 Å². The quantitative estimate of drug-likeness (QED) is 0.697. The van der Waals surface area contributed by atoms with Crippen LogP contribution in [0.15, 0.2) is 30.3 Å². The van der Waals surface area contributed by atoms with Gasteiger partial charge >= 0.3 is 0 Å². The number of methoxy groups -OCH3 is 1. The summed E-state index contributed by atoms with van der Waals surface area (Å²) in [6.07, 6.45) is 5.33. The SMILES string of the molecule is COc1ccccc1CNC(=O)c1cc2n(n1)C[C@](C)(C(=O)NC1CCCCC1)N(C)C2=O. The molecule has 3 amide bonds. The smallest absolute Gasteiger partial charge is 0.272 e. The van der Waals surface area contributed by atoms with Crippen molar-refractivity contribution in [1.82, 2.24) is 25.3 Å². The van der Waals surface area contributed by atoms with Gasteiger partial charge in [-0.2, -0.15) is 5.10 Å². The molecule has 0 radical (unpaired) electrons. The fourth-order valence-electron chi connectivity index (χ4n) is 4.54. The first kappa shape index (κ1) is 22.8. The molecule has 4 rings (SSSR count). The van der Waals surface area contributed by atoms with Gasteiger partial charge in [0.1, 0.15) is 17.0 Å². The molecule has 0 spiro atoms. The highest BCUT2D eigenvalue weighted by Crippen LogP contribution is 2.27. The highest BCUT2D eigenvalue weighted by Gasteiger charge is 2.46. The fraction of sp³-hybridized carbons (Fsp3) is 0.500. The van der Waals surface area contributed by atoms with Crippen molar-refractivity contribution in [1.29, 1.82) is 0 Å². The monoisotopic (exact) mass is 453 g/mol. The molecule has 176 valence electrons. The Morgan fingerprint density at radius 2 is 1.94 bits per heavy atom. The van der Waals surface area contributed by atoms with E-state index in [0.717, 1.165) is 31.2 Å². The van der Waals surface area contributed by atoms with E-state index in [0.29, 0.717) is 11.4 Å². The first-order valence-electron chi connectivity index (χ1n) is 11.4. The van der Waals surface area contributed by atoms with E-state index in [2.05, 4.69) is 15.7 Å². The van der Waals surface area contributed by atoms with Crippen LogP contribution in [0.5, 0.6) is 5.75 Å². The van der Waals surface area contributed by atoms with Crippen molar-refractivity contribution in [2.24, 2.45) is 0 Å². The summed E-state index contributed by atoms with van der Waals surface area (Å²) in [5.74, 6) is -0.238. The molecule has 0 saturated heterocycles. The van der Waals surface area contributed by atoms with Gasteiger partial charge < -0.3 is 20.3 Å². The van der Waals surface area contributed by atoms with Gasteiger partial charge in [0.15, 0.2) is 5.69 Å². The summed E-state index contributed by atoms with van der Waals surface area (Å²) in [5, 5.41) is 10.3. The van der Waals surface area contributed by atoms with E-state index < -0.39 is 11.4 Å². The first-order valence-corrected chi connectivity index (χ1v) is 11.4. The van der Waals surface area contributed by atoms with Crippen LogP contribution in [0.4, 0.5) is 0 Å². The Morgan fingerprint density at radius 3 is 2.67 bits per heavy atom. The van der Waals surface area contributed by atoms with Gasteiger partial charge in [0, 0.05) is 31.3 Å². The van der Waals surface area contributed by atoms with Crippen LogP contribution >= 0.6 is 0 Å². The number of fused-ring (bicyclic) bond motifs is 1. The van der Waals surface area contributed by atoms with Gasteiger partial charge in [-0.05, 0) is 25.8 Å². The third kappa shape index (κ3) is 4.44. The molecule has 0 bridgehead atoms. The number of benzene rings is 1. The number of ether oxygens (including phenoxy) is 1. The number of nitrogens with zero attached hydrogens (tertiary/aromatic N) is 3. The van der Waals surface area contributed by atoms with Crippen molar-refractivity contribution in [3.63, 3.8) is 0 Å². The zero-order valence-electron chi connectivity index (χ0n) is 19.4. The molecule has 1 fully saturated rings. The molecule has 2 aliphatic rings. The topological polar surface area (TPSA) is 106 Å². The van der Waals surface area contributed by atoms with Gasteiger partial charge in [-0.15, -0.1) is 0 Å². The van der Waals surface area contributed by atoms with E-state index in [1.54, 1.807) is 21.1 Å². The van der Waals surface area contributed by atoms with Crippen molar-refractivity contribution in [3.05, 3.63) is 47.3 Å². The average Bonchev–Trinajstić information content (AvgIpc) is 3.25. The molecule has 1 aromatic carbocycles. The summed E-state index contributed by atoms with van der Waals surface area (Å²) in [6, 6.07) is 9.04. The Morgan fingerprint density at radius 1 is 1.21 bits per heavy atom. The second kappa shape index (κ2) is 9.25. The number of amides is 3. The van der Waals surface area contributed by atoms with Gasteiger partial charge in [-0.3, -0.25) is 19.1 Å². The van der Waals surface area contributed by atoms with Crippen molar-refractivity contribution in [3.8, 4) is 5.75 Å². The van der Waals surface area contributed by atoms with Crippen LogP contribution < -0.4 is 15.4 Å². The molecule has 33 heavy (non-hydrogen) atoms. The molecule has 1 saturated carbocycles. The number of rotatable bonds is 6. The molecule has 9 nitrogen and oxygen atoms in total. The number of para-hydroxylation sites is 1. The minimum atomic E-state index is -1.08. The summed E-state index contributed by atoms with van der Waals surface area (Å²) < 4.78 is 6.79. The molecule has 2 aromatic rings. The van der Waals surface area contributed by atoms with E-state index in [9.17, 15) is 14.4 Å². The van der Waals surface area contributed by atoms with E-state index >= 15 is 0 Å². The Labute approximate surface area is 193 Å². The first-order chi connectivity index (χ1) is 15.8. The lowest BCUT2D eigenvalue weighted by Crippen LogP contribution is -2.63. The third-order valence-electron chi connectivity index (χ3n) is 6.80. The van der Waals surface area contributed by atoms with Crippen LogP contribution in [0, 0.1) is 0 Å². The van der Waals surface area contributed by atoms with Gasteiger partial charge in [0.25, 0.3) is 11.8 Å². The van der Waals surface area contributed by atoms with E-state index in [4.69, 9.17) is 4.74 Å². The van der Waals surface area contributed by atoms with Gasteiger partial charge in [0.2, 0.25) is 5.91 Å². The third-order valence-corrected chi connectivity index (χ3v) is 6.80. The molecule has 1 aromatic heterocycles. The molecule has 2 heterocycles. The molecule has 9 heteroatoms. The Balaban J connectivity index is 1.48. The normalized spacial score (nSPS) is 20.8. The van der Waals surface area contributed by atoms with Crippen LogP contribution in [-0.2, 0) is 17.9 Å². The zero-order valence-corrected chi connectivity index (χ0v) is 19.4. The van der Waals surface area contributed by atoms with E-state index in [1.165, 1.54) is 22.1 Å². The number of hydrogen-bond donors (Lipinski definition) is 2. The molecular weight excluding hydrogens is 422 g/mol. The predicted octanol–water partition coefficient (Wildman–Crippen LogP) is 2.11. The minimum Gasteiger partial charge on any atom is -0.496 e. The van der Waals surface area contributed by atoms with Crippen molar-refractivity contribution >= 4 is 17.7 Å². The zero-order chi connectivity index (χ0) is 23.6. The number of nitrogens with one attached hydrogen (secondary N) is 2. The average molecular weight is 454 g/mol. The summed E-state index contributed by atoms with van der Waals surface area (Å²) in [5.41, 5.74) is 0.181. The largest absolute Gasteiger partial charge is 0.496 e. The van der Waals surface area contributed by atoms with Crippen LogP contribution in [0.3, 0.4) is 0 Å². The maximum absolute atomic E-state index is 13.2. The highest BCUT2D eigenvalue weighted by molar-refractivity contribution is 6.01. The van der Waals surface area contributed by atoms with Gasteiger partial charge in [0.05, 0.1) is 13.7 Å². The lowest BCUT2D eigenvalue weighted by Gasteiger charge is -2.41. The van der Waals surface area contributed by atoms with Crippen LogP contribution in [0.25, 0.3) is 0 Å². The molecule has 1 aliphatic carbocycles. The van der Waals surface area contributed by atoms with Crippen molar-refractivity contribution in [2.45, 2.75) is 63.7 Å². The second-order valence-corrected chi connectivity index (χ2v) is 9.01. The lowest BCUT2D eigenvalue weighted by molar-refractivity contribution is -0.133. The number of likely N-dealkylation sites (N-methyl/N-ethyl adjacent to an activating group) is 1. The maximum atomic E-state index is 13.2. The summed E-state index contributed by atoms with van der Waals surface area (Å²) in [4.78, 5) is 40.4. The van der Waals surface area contributed by atoms with E-state index in [1.807, 2.05) is 24.3 Å². The second-order valence-electron chi connectivity index (χ2n) is 9.01. The number of hydrogen-bond acceptors (Lipinski definition) is 5. The molecular formula is C24H31N5O4. The van der Waals surface area contributed by atoms with Crippen molar-refractivity contribution < 1.29 is 19.1 Å². The number of carbonyl (C=O) groups is 3. The molecule has 0 unspecified atom stereocenters. The number of carbonyl (C=O) groups excluding carboxylic acids is 3. The Kier molecular flexibility index (Phi) is 6.40. The maximum Gasteiger partial charge on any atom is 0.272 e. The summed E-state index contributed by atoms with van der Waals surface area (Å²) in [7, 11) is 3.20. The summed E-state index contributed by atoms with van der Waals surface area (Å²) in [6.45, 7) is 2.19. The molecule has 1 atom stereocenters. The highest BCUT2D eigenvalue weighted by atomic mass is 16.5. The van der Waals surface area contributed by atoms with Gasteiger partial charge in [-0.25, -0.2) is 0 Å². The van der Waals surface area contributed by atoms with E-state index in [-0.39, 0.29) is 36.6 Å². The van der Waals surface area contributed by atoms with Gasteiger partial charge in [-0.1, -0.05) is 37.5 Å². The molecule has 2 N–H and O–H groups in total. The standard InChI is InChI=1S/C24H31N5O4/c1-24(23(32)26-17-10-5-4-6-11-17)15-29-19(22(31)28(24)2)13-18(27-29)21(30)25-14-16-9-7-8-12-20(16)33-3/h7-9,12-13,17H,4-6,10-11,14-15H2,1-3H3,(H,25,30)(H,26,32)/t24-/m1/s1. The summed E-state index contributed by atoms with van der Waals surface area (Å²) >= 11 is 0. The molecule has 1 aliphatic heterocycles. The van der Waals surface area contributed by atoms with Crippen molar-refractivity contribution in [2.75, 3.05) is 14.2 Å². The van der Waals surface area contributed by atoms with Crippen LogP contribution in [-0.4, -0.2) is 58.1 Å². The number of aromatic nitrogens is 2. The predicted molar refractivity (Wildman–Crippen MR) is 122 cm³/mol. The minimum absolute atomic E-state index is 0.138.